The van der Waals surface area contributed by atoms with E-state index < -0.39 is 11.5 Å². The molecular formula is C26H32ClF2NO3. The van der Waals surface area contributed by atoms with E-state index in [1.54, 1.807) is 24.3 Å². The second kappa shape index (κ2) is 10.8. The van der Waals surface area contributed by atoms with Crippen molar-refractivity contribution in [2.24, 2.45) is 5.92 Å². The number of carbonyl (C=O) groups is 1. The summed E-state index contributed by atoms with van der Waals surface area (Å²) in [5.41, 5.74) is 0.343. The molecule has 2 aromatic carbocycles. The predicted octanol–water partition coefficient (Wildman–Crippen LogP) is 5.79. The van der Waals surface area contributed by atoms with E-state index in [1.807, 2.05) is 13.8 Å². The van der Waals surface area contributed by atoms with Crippen LogP contribution in [-0.2, 0) is 13.0 Å². The van der Waals surface area contributed by atoms with E-state index in [-0.39, 0.29) is 37.0 Å². The van der Waals surface area contributed by atoms with Gasteiger partial charge in [-0.05, 0) is 87.5 Å². The van der Waals surface area contributed by atoms with E-state index in [0.717, 1.165) is 38.0 Å². The SMILES string of the molecule is CCOc1cc2c(cc1OCC)C(=O)C(F)(CC1CCN(Cc3ccc(F)cc3)CC1)C2.Cl. The normalized spacial score (nSPS) is 20.9. The lowest BCUT2D eigenvalue weighted by molar-refractivity contribution is 0.0587. The van der Waals surface area contributed by atoms with Gasteiger partial charge < -0.3 is 9.47 Å². The van der Waals surface area contributed by atoms with Crippen molar-refractivity contribution in [1.29, 1.82) is 0 Å². The largest absolute Gasteiger partial charge is 0.490 e. The van der Waals surface area contributed by atoms with Crippen molar-refractivity contribution in [3.8, 4) is 11.5 Å². The van der Waals surface area contributed by atoms with E-state index in [0.29, 0.717) is 35.8 Å². The predicted molar refractivity (Wildman–Crippen MR) is 127 cm³/mol. The first-order chi connectivity index (χ1) is 15.4. The third-order valence-corrected chi connectivity index (χ3v) is 6.53. The van der Waals surface area contributed by atoms with Gasteiger partial charge in [-0.2, -0.15) is 0 Å². The van der Waals surface area contributed by atoms with Gasteiger partial charge in [-0.1, -0.05) is 12.1 Å². The molecule has 1 fully saturated rings. The Morgan fingerprint density at radius 1 is 1.03 bits per heavy atom. The van der Waals surface area contributed by atoms with Gasteiger partial charge >= 0.3 is 0 Å². The van der Waals surface area contributed by atoms with Gasteiger partial charge in [0.2, 0.25) is 5.78 Å². The number of ether oxygens (including phenoxy) is 2. The first-order valence-corrected chi connectivity index (χ1v) is 11.5. The van der Waals surface area contributed by atoms with Gasteiger partial charge in [0.25, 0.3) is 0 Å². The molecule has 4 nitrogen and oxygen atoms in total. The van der Waals surface area contributed by atoms with Gasteiger partial charge in [-0.15, -0.1) is 12.4 Å². The van der Waals surface area contributed by atoms with E-state index in [9.17, 15) is 9.18 Å². The first kappa shape index (κ1) is 25.4. The molecule has 0 radical (unpaired) electrons. The van der Waals surface area contributed by atoms with Crippen LogP contribution in [0, 0.1) is 11.7 Å². The number of alkyl halides is 1. The number of nitrogens with zero attached hydrogens (tertiary/aromatic N) is 1. The molecule has 33 heavy (non-hydrogen) atoms. The van der Waals surface area contributed by atoms with Crippen LogP contribution in [0.2, 0.25) is 0 Å². The summed E-state index contributed by atoms with van der Waals surface area (Å²) in [5, 5.41) is 0. The van der Waals surface area contributed by atoms with Crippen molar-refractivity contribution in [3.63, 3.8) is 0 Å². The number of Topliss-reactive ketones (excluding diaryl/α,β-unsaturated/α-hetero) is 1. The fourth-order valence-corrected chi connectivity index (χ4v) is 4.94. The summed E-state index contributed by atoms with van der Waals surface area (Å²) < 4.78 is 40.3. The van der Waals surface area contributed by atoms with Gasteiger partial charge in [-0.3, -0.25) is 9.69 Å². The van der Waals surface area contributed by atoms with Crippen molar-refractivity contribution in [3.05, 3.63) is 58.9 Å². The number of fused-ring (bicyclic) bond motifs is 1. The van der Waals surface area contributed by atoms with Crippen LogP contribution in [0.15, 0.2) is 36.4 Å². The molecular weight excluding hydrogens is 448 g/mol. The molecule has 0 bridgehead atoms. The minimum absolute atomic E-state index is 0. The number of ketones is 1. The number of hydrogen-bond acceptors (Lipinski definition) is 4. The highest BCUT2D eigenvalue weighted by Crippen LogP contribution is 2.43. The third kappa shape index (κ3) is 5.67. The maximum absolute atomic E-state index is 15.9. The Morgan fingerprint density at radius 3 is 2.24 bits per heavy atom. The summed E-state index contributed by atoms with van der Waals surface area (Å²) in [6.07, 6.45) is 2.05. The second-order valence-electron chi connectivity index (χ2n) is 8.84. The summed E-state index contributed by atoms with van der Waals surface area (Å²) in [5.74, 6) is 0.578. The molecule has 7 heteroatoms. The van der Waals surface area contributed by atoms with Crippen LogP contribution in [0.1, 0.15) is 54.6 Å². The minimum Gasteiger partial charge on any atom is -0.490 e. The molecule has 1 aliphatic carbocycles. The summed E-state index contributed by atoms with van der Waals surface area (Å²) in [6.45, 7) is 7.14. The van der Waals surface area contributed by atoms with Gasteiger partial charge in [0, 0.05) is 18.5 Å². The van der Waals surface area contributed by atoms with E-state index in [4.69, 9.17) is 9.47 Å². The molecule has 180 valence electrons. The number of carbonyl (C=O) groups excluding carboxylic acids is 1. The molecule has 0 aromatic heterocycles. The maximum atomic E-state index is 15.9. The standard InChI is InChI=1S/C26H31F2NO3.ClH/c1-3-31-23-13-20-16-26(28,25(30)22(20)14-24(23)32-4-2)15-18-9-11-29(12-10-18)17-19-5-7-21(27)8-6-19;/h5-8,13-14,18H,3-4,9-12,15-17H2,1-2H3;1H. The number of halogens is 3. The van der Waals surface area contributed by atoms with E-state index >= 15 is 4.39 Å². The Hall–Kier alpha value is -2.18. The maximum Gasteiger partial charge on any atom is 0.200 e. The minimum atomic E-state index is -1.86. The first-order valence-electron chi connectivity index (χ1n) is 11.5. The Bertz CT molecular complexity index is 961. The highest BCUT2D eigenvalue weighted by molar-refractivity contribution is 6.07. The molecule has 1 unspecified atom stereocenters. The van der Waals surface area contributed by atoms with Crippen LogP contribution in [0.4, 0.5) is 8.78 Å². The van der Waals surface area contributed by atoms with Crippen LogP contribution in [0.3, 0.4) is 0 Å². The van der Waals surface area contributed by atoms with Crippen LogP contribution >= 0.6 is 12.4 Å². The molecule has 0 N–H and O–H groups in total. The van der Waals surface area contributed by atoms with Crippen molar-refractivity contribution in [2.45, 2.75) is 51.7 Å². The number of benzene rings is 2. The van der Waals surface area contributed by atoms with Crippen molar-refractivity contribution < 1.29 is 23.0 Å². The molecule has 0 saturated carbocycles. The van der Waals surface area contributed by atoms with E-state index in [1.165, 1.54) is 12.1 Å². The van der Waals surface area contributed by atoms with Crippen LogP contribution in [-0.4, -0.2) is 42.7 Å². The van der Waals surface area contributed by atoms with Crippen molar-refractivity contribution >= 4 is 18.2 Å². The summed E-state index contributed by atoms with van der Waals surface area (Å²) in [4.78, 5) is 15.3. The Kier molecular flexibility index (Phi) is 8.35. The van der Waals surface area contributed by atoms with Crippen LogP contribution in [0.5, 0.6) is 11.5 Å². The average Bonchev–Trinajstić information content (AvgIpc) is 3.01. The molecule has 1 heterocycles. The zero-order valence-corrected chi connectivity index (χ0v) is 20.1. The Morgan fingerprint density at radius 2 is 1.64 bits per heavy atom. The molecule has 2 aromatic rings. The highest BCUT2D eigenvalue weighted by Gasteiger charge is 2.48. The molecule has 1 saturated heterocycles. The number of piperidine rings is 1. The second-order valence-corrected chi connectivity index (χ2v) is 8.84. The summed E-state index contributed by atoms with van der Waals surface area (Å²) >= 11 is 0. The van der Waals surface area contributed by atoms with E-state index in [2.05, 4.69) is 4.90 Å². The van der Waals surface area contributed by atoms with Crippen molar-refractivity contribution in [1.82, 2.24) is 4.90 Å². The molecule has 2 aliphatic rings. The number of rotatable bonds is 8. The highest BCUT2D eigenvalue weighted by atomic mass is 35.5. The molecule has 1 aliphatic heterocycles. The number of hydrogen-bond donors (Lipinski definition) is 0. The lowest BCUT2D eigenvalue weighted by Gasteiger charge is -2.34. The molecule has 1 atom stereocenters. The topological polar surface area (TPSA) is 38.8 Å². The fraction of sp³-hybridized carbons (Fsp3) is 0.500. The quantitative estimate of drug-likeness (QED) is 0.480. The average molecular weight is 480 g/mol. The Labute approximate surface area is 200 Å². The number of likely N-dealkylation sites (tertiary alicyclic amines) is 1. The molecule has 4 rings (SSSR count). The zero-order chi connectivity index (χ0) is 22.7. The smallest absolute Gasteiger partial charge is 0.200 e. The van der Waals surface area contributed by atoms with Gasteiger partial charge in [0.05, 0.1) is 13.2 Å². The summed E-state index contributed by atoms with van der Waals surface area (Å²) in [7, 11) is 0. The monoisotopic (exact) mass is 479 g/mol. The Balaban J connectivity index is 0.00000306. The summed E-state index contributed by atoms with van der Waals surface area (Å²) in [6, 6.07) is 9.99. The van der Waals surface area contributed by atoms with Gasteiger partial charge in [0.15, 0.2) is 17.2 Å². The zero-order valence-electron chi connectivity index (χ0n) is 19.2. The fourth-order valence-electron chi connectivity index (χ4n) is 4.94. The lowest BCUT2D eigenvalue weighted by Crippen LogP contribution is -2.38. The van der Waals surface area contributed by atoms with Crippen molar-refractivity contribution in [2.75, 3.05) is 26.3 Å². The van der Waals surface area contributed by atoms with Crippen LogP contribution in [0.25, 0.3) is 0 Å². The van der Waals surface area contributed by atoms with Gasteiger partial charge in [-0.25, -0.2) is 8.78 Å². The molecule has 0 spiro atoms. The van der Waals surface area contributed by atoms with Gasteiger partial charge in [0.1, 0.15) is 5.82 Å². The lowest BCUT2D eigenvalue weighted by atomic mass is 9.83. The van der Waals surface area contributed by atoms with Crippen LogP contribution < -0.4 is 9.47 Å². The molecule has 0 amide bonds. The third-order valence-electron chi connectivity index (χ3n) is 6.53.